The van der Waals surface area contributed by atoms with E-state index in [-0.39, 0.29) is 45.8 Å². The molecule has 3 rings (SSSR count). The van der Waals surface area contributed by atoms with Crippen LogP contribution < -0.4 is 5.73 Å². The lowest BCUT2D eigenvalue weighted by Crippen LogP contribution is -2.59. The zero-order valence-electron chi connectivity index (χ0n) is 15.2. The van der Waals surface area contributed by atoms with Gasteiger partial charge in [0.2, 0.25) is 5.91 Å². The third-order valence-corrected chi connectivity index (χ3v) is 6.92. The molecule has 0 saturated carbocycles. The second-order valence-corrected chi connectivity index (χ2v) is 8.41. The van der Waals surface area contributed by atoms with E-state index < -0.39 is 28.3 Å². The highest BCUT2D eigenvalue weighted by molar-refractivity contribution is 7.86. The summed E-state index contributed by atoms with van der Waals surface area (Å²) >= 11 is 0. The number of carbonyl (C=O) groups excluding carboxylic acids is 2. The van der Waals surface area contributed by atoms with Crippen molar-refractivity contribution in [1.29, 1.82) is 0 Å². The molecule has 2 amide bonds. The number of amides is 2. The van der Waals surface area contributed by atoms with Crippen molar-refractivity contribution in [1.82, 2.24) is 13.5 Å². The van der Waals surface area contributed by atoms with Crippen LogP contribution in [-0.2, 0) is 32.7 Å². The Morgan fingerprint density at radius 3 is 2.37 bits per heavy atom. The number of benzene rings is 1. The average Bonchev–Trinajstić information content (AvgIpc) is 2.67. The summed E-state index contributed by atoms with van der Waals surface area (Å²) in [6.45, 7) is 2.86. The van der Waals surface area contributed by atoms with Gasteiger partial charge in [-0.25, -0.2) is 4.79 Å². The lowest BCUT2D eigenvalue weighted by Gasteiger charge is -2.40. The van der Waals surface area contributed by atoms with Crippen LogP contribution in [0.4, 0.5) is 4.79 Å². The van der Waals surface area contributed by atoms with Gasteiger partial charge in [0.1, 0.15) is 6.04 Å². The fourth-order valence-corrected chi connectivity index (χ4v) is 5.17. The summed E-state index contributed by atoms with van der Waals surface area (Å²) in [6, 6.07) is 6.51. The van der Waals surface area contributed by atoms with Crippen molar-refractivity contribution in [2.45, 2.75) is 25.9 Å². The second-order valence-electron chi connectivity index (χ2n) is 6.53. The number of piperazine rings is 1. The Labute approximate surface area is 158 Å². The minimum absolute atomic E-state index is 0.101. The summed E-state index contributed by atoms with van der Waals surface area (Å²) in [5.74, 6) is -0.668. The van der Waals surface area contributed by atoms with Crippen LogP contribution in [-0.4, -0.2) is 72.8 Å². The summed E-state index contributed by atoms with van der Waals surface area (Å²) in [5.41, 5.74) is 7.30. The van der Waals surface area contributed by atoms with E-state index in [1.807, 2.05) is 24.3 Å². The molecule has 148 valence electrons. The number of nitrogens with zero attached hydrogens (tertiary/aromatic N) is 3. The molecule has 2 heterocycles. The van der Waals surface area contributed by atoms with Crippen molar-refractivity contribution in [3.63, 3.8) is 0 Å². The van der Waals surface area contributed by atoms with E-state index in [2.05, 4.69) is 0 Å². The zero-order valence-corrected chi connectivity index (χ0v) is 16.0. The Hall–Kier alpha value is -2.17. The van der Waals surface area contributed by atoms with Gasteiger partial charge < -0.3 is 15.4 Å². The maximum Gasteiger partial charge on any atom is 0.409 e. The first kappa shape index (κ1) is 19.6. The number of nitrogens with two attached hydrogens (primary N) is 1. The normalized spacial score (nSPS) is 21.5. The molecule has 0 unspecified atom stereocenters. The quantitative estimate of drug-likeness (QED) is 0.765. The van der Waals surface area contributed by atoms with E-state index in [0.29, 0.717) is 0 Å². The van der Waals surface area contributed by atoms with E-state index in [1.54, 1.807) is 6.92 Å². The molecule has 2 aliphatic rings. The molecule has 1 aromatic rings. The minimum Gasteiger partial charge on any atom is -0.450 e. The minimum atomic E-state index is -3.90. The highest BCUT2D eigenvalue weighted by Gasteiger charge is 2.42. The molecule has 10 heteroatoms. The van der Waals surface area contributed by atoms with Gasteiger partial charge >= 0.3 is 6.09 Å². The second kappa shape index (κ2) is 7.83. The van der Waals surface area contributed by atoms with Gasteiger partial charge in [-0.05, 0) is 24.5 Å². The van der Waals surface area contributed by atoms with Crippen LogP contribution in [0.5, 0.6) is 0 Å². The van der Waals surface area contributed by atoms with Gasteiger partial charge in [-0.1, -0.05) is 24.3 Å². The van der Waals surface area contributed by atoms with Gasteiger partial charge in [0.15, 0.2) is 0 Å². The highest BCUT2D eigenvalue weighted by Crippen LogP contribution is 2.27. The molecule has 9 nitrogen and oxygen atoms in total. The van der Waals surface area contributed by atoms with Crippen molar-refractivity contribution < 1.29 is 22.7 Å². The van der Waals surface area contributed by atoms with Crippen LogP contribution in [0.15, 0.2) is 24.3 Å². The van der Waals surface area contributed by atoms with E-state index in [9.17, 15) is 18.0 Å². The Morgan fingerprint density at radius 1 is 1.15 bits per heavy atom. The van der Waals surface area contributed by atoms with Crippen LogP contribution in [0.2, 0.25) is 0 Å². The first-order chi connectivity index (χ1) is 12.8. The molecule has 1 fully saturated rings. The number of hydrogen-bond acceptors (Lipinski definition) is 5. The zero-order chi connectivity index (χ0) is 19.6. The van der Waals surface area contributed by atoms with Crippen molar-refractivity contribution >= 4 is 22.2 Å². The third-order valence-electron chi connectivity index (χ3n) is 4.92. The molecule has 1 atom stereocenters. The largest absolute Gasteiger partial charge is 0.450 e. The van der Waals surface area contributed by atoms with Gasteiger partial charge in [0.05, 0.1) is 6.61 Å². The number of rotatable bonds is 4. The Morgan fingerprint density at radius 2 is 1.78 bits per heavy atom. The van der Waals surface area contributed by atoms with Crippen LogP contribution in [0.3, 0.4) is 0 Å². The molecular formula is C17H24N4O5S. The van der Waals surface area contributed by atoms with Crippen molar-refractivity contribution in [2.24, 2.45) is 5.73 Å². The molecular weight excluding hydrogens is 372 g/mol. The summed E-state index contributed by atoms with van der Waals surface area (Å²) in [4.78, 5) is 25.2. The van der Waals surface area contributed by atoms with Crippen molar-refractivity contribution in [3.8, 4) is 0 Å². The van der Waals surface area contributed by atoms with Gasteiger partial charge in [-0.15, -0.1) is 0 Å². The summed E-state index contributed by atoms with van der Waals surface area (Å²) in [7, 11) is -3.90. The smallest absolute Gasteiger partial charge is 0.409 e. The van der Waals surface area contributed by atoms with Gasteiger partial charge in [0, 0.05) is 32.7 Å². The Balaban J connectivity index is 1.78. The summed E-state index contributed by atoms with van der Waals surface area (Å²) in [6.07, 6.45) is -0.190. The molecule has 0 aromatic heterocycles. The highest BCUT2D eigenvalue weighted by atomic mass is 32.2. The topological polar surface area (TPSA) is 113 Å². The van der Waals surface area contributed by atoms with Crippen LogP contribution in [0.25, 0.3) is 0 Å². The molecule has 1 aromatic carbocycles. The number of primary amides is 1. The predicted molar refractivity (Wildman–Crippen MR) is 97.8 cm³/mol. The lowest BCUT2D eigenvalue weighted by molar-refractivity contribution is -0.122. The van der Waals surface area contributed by atoms with E-state index in [0.717, 1.165) is 11.1 Å². The standard InChI is InChI=1S/C17H24N4O5S/c1-2-26-17(23)19-7-9-20(10-8-19)27(24,25)21-12-14-6-4-3-5-13(14)11-15(21)16(18)22/h3-6,15H,2,7-12H2,1H3,(H2,18,22)/t15-/m0/s1. The molecule has 0 radical (unpaired) electrons. The molecule has 0 aliphatic carbocycles. The van der Waals surface area contributed by atoms with E-state index >= 15 is 0 Å². The van der Waals surface area contributed by atoms with Gasteiger partial charge in [0.25, 0.3) is 10.2 Å². The fourth-order valence-electron chi connectivity index (χ4n) is 3.45. The van der Waals surface area contributed by atoms with Crippen LogP contribution in [0, 0.1) is 0 Å². The van der Waals surface area contributed by atoms with Gasteiger partial charge in [-0.2, -0.15) is 17.0 Å². The molecule has 27 heavy (non-hydrogen) atoms. The summed E-state index contributed by atoms with van der Waals surface area (Å²) in [5, 5.41) is 0. The first-order valence-corrected chi connectivity index (χ1v) is 10.3. The van der Waals surface area contributed by atoms with E-state index in [1.165, 1.54) is 13.5 Å². The first-order valence-electron chi connectivity index (χ1n) is 8.89. The Kier molecular flexibility index (Phi) is 5.68. The monoisotopic (exact) mass is 396 g/mol. The van der Waals surface area contributed by atoms with E-state index in [4.69, 9.17) is 10.5 Å². The SMILES string of the molecule is CCOC(=O)N1CCN(S(=O)(=O)N2Cc3ccccc3C[C@H]2C(N)=O)CC1. The molecule has 2 N–H and O–H groups in total. The lowest BCUT2D eigenvalue weighted by atomic mass is 9.96. The number of carbonyl (C=O) groups is 2. The fraction of sp³-hybridized carbons (Fsp3) is 0.529. The molecule has 2 aliphatic heterocycles. The molecule has 0 spiro atoms. The number of fused-ring (bicyclic) bond motifs is 1. The van der Waals surface area contributed by atoms with Crippen molar-refractivity contribution in [2.75, 3.05) is 32.8 Å². The van der Waals surface area contributed by atoms with Crippen LogP contribution in [0.1, 0.15) is 18.1 Å². The Bertz CT molecular complexity index is 820. The third kappa shape index (κ3) is 3.92. The summed E-state index contributed by atoms with van der Waals surface area (Å²) < 4.78 is 33.8. The average molecular weight is 396 g/mol. The molecule has 1 saturated heterocycles. The van der Waals surface area contributed by atoms with Crippen molar-refractivity contribution in [3.05, 3.63) is 35.4 Å². The maximum absolute atomic E-state index is 13.2. The number of hydrogen-bond donors (Lipinski definition) is 1. The predicted octanol–water partition coefficient (Wildman–Crippen LogP) is -0.0825. The maximum atomic E-state index is 13.2. The van der Waals surface area contributed by atoms with Crippen LogP contribution >= 0.6 is 0 Å². The molecule has 0 bridgehead atoms. The van der Waals surface area contributed by atoms with Gasteiger partial charge in [-0.3, -0.25) is 4.79 Å². The number of ether oxygens (including phenoxy) is 1.